The average Bonchev–Trinajstić information content (AvgIpc) is 2.18. The molecule has 12 heavy (non-hydrogen) atoms. The summed E-state index contributed by atoms with van der Waals surface area (Å²) < 4.78 is 19.8. The molecule has 0 amide bonds. The zero-order chi connectivity index (χ0) is 9.03. The average molecular weight is 188 g/mol. The summed E-state index contributed by atoms with van der Waals surface area (Å²) in [5.41, 5.74) is 0. The number of hydrogen-bond acceptors (Lipinski definition) is 4. The molecule has 1 aromatic rings. The van der Waals surface area contributed by atoms with Gasteiger partial charge >= 0.3 is 7.60 Å². The van der Waals surface area contributed by atoms with Gasteiger partial charge in [-0.3, -0.25) is 4.57 Å². The lowest BCUT2D eigenvalue weighted by Gasteiger charge is -2.10. The molecule has 4 nitrogen and oxygen atoms in total. The van der Waals surface area contributed by atoms with E-state index in [2.05, 4.69) is 9.20 Å². The van der Waals surface area contributed by atoms with E-state index in [-0.39, 0.29) is 0 Å². The topological polar surface area (TPSA) is 55.8 Å². The normalized spacial score (nSPS) is 15.5. The fourth-order valence-electron chi connectivity index (χ4n) is 0.796. The molecule has 0 fully saturated rings. The van der Waals surface area contributed by atoms with Crippen LogP contribution in [0.3, 0.4) is 0 Å². The van der Waals surface area contributed by atoms with Crippen LogP contribution in [0.25, 0.3) is 0 Å². The highest BCUT2D eigenvalue weighted by atomic mass is 31.2. The van der Waals surface area contributed by atoms with E-state index >= 15 is 0 Å². The highest BCUT2D eigenvalue weighted by molar-refractivity contribution is 7.62. The molecule has 0 spiro atoms. The maximum Gasteiger partial charge on any atom is 0.387 e. The quantitative estimate of drug-likeness (QED) is 0.445. The van der Waals surface area contributed by atoms with Gasteiger partial charge in [0.2, 0.25) is 0 Å². The van der Waals surface area contributed by atoms with Gasteiger partial charge in [-0.25, -0.2) is 5.26 Å². The number of benzene rings is 1. The first-order chi connectivity index (χ1) is 5.73. The molecule has 1 rings (SSSR count). The van der Waals surface area contributed by atoms with Gasteiger partial charge in [-0.2, -0.15) is 0 Å². The van der Waals surface area contributed by atoms with Crippen LogP contribution in [0.2, 0.25) is 0 Å². The van der Waals surface area contributed by atoms with Gasteiger partial charge in [-0.15, -0.1) is 4.67 Å². The molecular formula is C7H9O4P. The third kappa shape index (κ3) is 1.73. The molecule has 5 heteroatoms. The molecule has 0 saturated heterocycles. The Hall–Kier alpha value is -0.670. The van der Waals surface area contributed by atoms with Crippen molar-refractivity contribution < 1.29 is 19.0 Å². The first kappa shape index (κ1) is 9.42. The Morgan fingerprint density at radius 3 is 2.33 bits per heavy atom. The lowest BCUT2D eigenvalue weighted by Crippen LogP contribution is -2.06. The van der Waals surface area contributed by atoms with Gasteiger partial charge in [0.1, 0.15) is 0 Å². The van der Waals surface area contributed by atoms with E-state index in [0.29, 0.717) is 5.30 Å². The lowest BCUT2D eigenvalue weighted by molar-refractivity contribution is -0.145. The maximum absolute atomic E-state index is 11.5. The van der Waals surface area contributed by atoms with E-state index < -0.39 is 7.60 Å². The molecular weight excluding hydrogens is 179 g/mol. The highest BCUT2D eigenvalue weighted by Crippen LogP contribution is 2.44. The fraction of sp³-hybridized carbons (Fsp3) is 0.143. The Balaban J connectivity index is 3.04. The van der Waals surface area contributed by atoms with Crippen LogP contribution >= 0.6 is 7.60 Å². The van der Waals surface area contributed by atoms with Gasteiger partial charge in [-0.05, 0) is 12.1 Å². The van der Waals surface area contributed by atoms with Crippen molar-refractivity contribution in [2.24, 2.45) is 0 Å². The molecule has 0 radical (unpaired) electrons. The maximum atomic E-state index is 11.5. The highest BCUT2D eigenvalue weighted by Gasteiger charge is 2.25. The van der Waals surface area contributed by atoms with Crippen LogP contribution in [-0.2, 0) is 13.8 Å². The molecule has 1 N–H and O–H groups in total. The van der Waals surface area contributed by atoms with Crippen molar-refractivity contribution in [3.8, 4) is 0 Å². The Morgan fingerprint density at radius 2 is 1.92 bits per heavy atom. The van der Waals surface area contributed by atoms with Crippen LogP contribution < -0.4 is 5.30 Å². The van der Waals surface area contributed by atoms with Crippen molar-refractivity contribution in [3.05, 3.63) is 30.3 Å². The Morgan fingerprint density at radius 1 is 1.33 bits per heavy atom. The summed E-state index contributed by atoms with van der Waals surface area (Å²) in [4.78, 5) is 0. The van der Waals surface area contributed by atoms with Crippen molar-refractivity contribution in [2.45, 2.75) is 0 Å². The van der Waals surface area contributed by atoms with Crippen LogP contribution in [0.15, 0.2) is 30.3 Å². The second-order valence-corrected chi connectivity index (χ2v) is 4.14. The smallest absolute Gasteiger partial charge is 0.307 e. The van der Waals surface area contributed by atoms with Gasteiger partial charge in [-0.1, -0.05) is 18.2 Å². The van der Waals surface area contributed by atoms with Gasteiger partial charge in [0.15, 0.2) is 0 Å². The van der Waals surface area contributed by atoms with E-state index in [0.717, 1.165) is 0 Å². The minimum absolute atomic E-state index is 0.329. The molecule has 1 atom stereocenters. The van der Waals surface area contributed by atoms with Crippen LogP contribution in [-0.4, -0.2) is 12.4 Å². The summed E-state index contributed by atoms with van der Waals surface area (Å²) in [5.74, 6) is 0. The summed E-state index contributed by atoms with van der Waals surface area (Å²) in [6.07, 6.45) is 0. The van der Waals surface area contributed by atoms with Crippen molar-refractivity contribution in [2.75, 3.05) is 7.11 Å². The molecule has 1 unspecified atom stereocenters. The van der Waals surface area contributed by atoms with Crippen LogP contribution in [0.1, 0.15) is 0 Å². The summed E-state index contributed by atoms with van der Waals surface area (Å²) >= 11 is 0. The lowest BCUT2D eigenvalue weighted by atomic mass is 10.4. The number of hydrogen-bond donors (Lipinski definition) is 1. The SMILES string of the molecule is COP(=O)(OO)c1ccccc1. The van der Waals surface area contributed by atoms with Crippen LogP contribution in [0.4, 0.5) is 0 Å². The minimum atomic E-state index is -3.48. The molecule has 0 aliphatic rings. The standard InChI is InChI=1S/C7H9O4P/c1-10-12(9,11-8)7-5-3-2-4-6-7/h2-6,8H,1H3. The molecule has 66 valence electrons. The molecule has 0 aliphatic carbocycles. The third-order valence-corrected chi connectivity index (χ3v) is 3.05. The molecule has 0 saturated carbocycles. The van der Waals surface area contributed by atoms with Gasteiger partial charge in [0.05, 0.1) is 5.30 Å². The fourth-order valence-corrected chi connectivity index (χ4v) is 1.71. The van der Waals surface area contributed by atoms with Gasteiger partial charge in [0.25, 0.3) is 0 Å². The predicted molar refractivity (Wildman–Crippen MR) is 44.4 cm³/mol. The summed E-state index contributed by atoms with van der Waals surface area (Å²) in [5, 5.41) is 8.68. The second-order valence-electron chi connectivity index (χ2n) is 2.10. The molecule has 1 aromatic carbocycles. The Bertz CT molecular complexity index is 277. The zero-order valence-corrected chi connectivity index (χ0v) is 7.40. The third-order valence-electron chi connectivity index (χ3n) is 1.42. The molecule has 0 bridgehead atoms. The first-order valence-electron chi connectivity index (χ1n) is 3.27. The summed E-state index contributed by atoms with van der Waals surface area (Å²) in [7, 11) is -2.27. The Kier molecular flexibility index (Phi) is 3.00. The second kappa shape index (κ2) is 3.83. The van der Waals surface area contributed by atoms with E-state index in [4.69, 9.17) is 5.26 Å². The van der Waals surface area contributed by atoms with E-state index in [9.17, 15) is 4.57 Å². The van der Waals surface area contributed by atoms with Crippen molar-refractivity contribution in [1.82, 2.24) is 0 Å². The van der Waals surface area contributed by atoms with Crippen LogP contribution in [0.5, 0.6) is 0 Å². The monoisotopic (exact) mass is 188 g/mol. The first-order valence-corrected chi connectivity index (χ1v) is 4.82. The van der Waals surface area contributed by atoms with Crippen LogP contribution in [0, 0.1) is 0 Å². The van der Waals surface area contributed by atoms with Crippen molar-refractivity contribution in [1.29, 1.82) is 0 Å². The van der Waals surface area contributed by atoms with E-state index in [1.165, 1.54) is 7.11 Å². The molecule has 0 aromatic heterocycles. The van der Waals surface area contributed by atoms with Crippen molar-refractivity contribution in [3.63, 3.8) is 0 Å². The predicted octanol–water partition coefficient (Wildman–Crippen LogP) is 1.64. The van der Waals surface area contributed by atoms with E-state index in [1.54, 1.807) is 30.3 Å². The van der Waals surface area contributed by atoms with Gasteiger partial charge < -0.3 is 4.52 Å². The van der Waals surface area contributed by atoms with Gasteiger partial charge in [0, 0.05) is 7.11 Å². The summed E-state index contributed by atoms with van der Waals surface area (Å²) in [6.45, 7) is 0. The largest absolute Gasteiger partial charge is 0.387 e. The molecule has 0 aliphatic heterocycles. The van der Waals surface area contributed by atoms with E-state index in [1.807, 2.05) is 0 Å². The molecule has 0 heterocycles. The Labute approximate surface area is 70.2 Å². The minimum Gasteiger partial charge on any atom is -0.307 e. The van der Waals surface area contributed by atoms with Crippen molar-refractivity contribution >= 4 is 12.9 Å². The summed E-state index contributed by atoms with van der Waals surface area (Å²) in [6, 6.07) is 8.24. The number of rotatable bonds is 3. The zero-order valence-electron chi connectivity index (χ0n) is 6.51.